The largest absolute Gasteiger partial charge is 0.309 e. The van der Waals surface area contributed by atoms with Crippen LogP contribution in [0.3, 0.4) is 0 Å². The summed E-state index contributed by atoms with van der Waals surface area (Å²) in [6, 6.07) is 70.3. The smallest absolute Gasteiger partial charge is 0.0627 e. The monoisotopic (exact) mass is 745 g/mol. The average molecular weight is 746 g/mol. The van der Waals surface area contributed by atoms with E-state index in [1.807, 2.05) is 0 Å². The van der Waals surface area contributed by atoms with E-state index in [0.717, 1.165) is 0 Å². The third kappa shape index (κ3) is 3.62. The summed E-state index contributed by atoms with van der Waals surface area (Å²) in [7, 11) is 0. The van der Waals surface area contributed by atoms with Crippen molar-refractivity contribution < 1.29 is 0 Å². The number of hydrogen-bond acceptors (Lipinski definition) is 0. The van der Waals surface area contributed by atoms with Crippen molar-refractivity contribution in [1.82, 2.24) is 13.4 Å². The molecule has 0 bridgehead atoms. The van der Waals surface area contributed by atoms with Crippen molar-refractivity contribution in [3.8, 4) is 16.8 Å². The molecule has 0 saturated heterocycles. The lowest BCUT2D eigenvalue weighted by Crippen LogP contribution is -1.93. The summed E-state index contributed by atoms with van der Waals surface area (Å²) in [5.74, 6) is 0. The van der Waals surface area contributed by atoms with Crippen LogP contribution in [0, 0.1) is 0 Å². The summed E-state index contributed by atoms with van der Waals surface area (Å²) < 4.78 is 7.56. The number of para-hydroxylation sites is 4. The fourth-order valence-corrected chi connectivity index (χ4v) is 11.3. The maximum Gasteiger partial charge on any atom is 0.0627 e. The van der Waals surface area contributed by atoms with Gasteiger partial charge in [-0.3, -0.25) is 0 Å². The van der Waals surface area contributed by atoms with E-state index in [1.165, 1.54) is 136 Å². The van der Waals surface area contributed by atoms with Gasteiger partial charge in [-0.15, -0.1) is 0 Å². The zero-order chi connectivity index (χ0) is 38.1. The van der Waals surface area contributed by atoms with Gasteiger partial charge in [-0.1, -0.05) is 127 Å². The number of nitrogens with zero attached hydrogens (tertiary/aromatic N) is 3. The van der Waals surface area contributed by atoms with Gasteiger partial charge in [0.05, 0.1) is 44.1 Å². The second kappa shape index (κ2) is 10.5. The molecule has 0 aliphatic carbocycles. The van der Waals surface area contributed by atoms with Crippen molar-refractivity contribution in [1.29, 1.82) is 0 Å². The molecule has 3 heteroatoms. The van der Waals surface area contributed by atoms with E-state index in [2.05, 4.69) is 201 Å². The van der Waals surface area contributed by atoms with Crippen molar-refractivity contribution in [2.45, 2.75) is 0 Å². The summed E-state index contributed by atoms with van der Waals surface area (Å²) in [6.45, 7) is 0. The zero-order valence-electron chi connectivity index (χ0n) is 31.7. The van der Waals surface area contributed by atoms with Crippen molar-refractivity contribution in [3.05, 3.63) is 188 Å². The molecule has 0 amide bonds. The lowest BCUT2D eigenvalue weighted by Gasteiger charge is -2.10. The molecule has 0 radical (unpaired) electrons. The maximum absolute atomic E-state index is 2.61. The SMILES string of the molecule is c1ccc(-n2c3ccccc3c3cc(-c4cccc5c6c7ccccc7cc7c8cc9c(cc8n(c45)c76)c4c5ccccc5cc5c6ccccc6n9c54)ccc32)cc1. The van der Waals surface area contributed by atoms with E-state index >= 15 is 0 Å². The van der Waals surface area contributed by atoms with E-state index in [0.29, 0.717) is 0 Å². The second-order valence-electron chi connectivity index (χ2n) is 16.4. The van der Waals surface area contributed by atoms with Gasteiger partial charge >= 0.3 is 0 Å². The average Bonchev–Trinajstić information content (AvgIpc) is 4.08. The molecule has 0 saturated carbocycles. The molecule has 10 aromatic carbocycles. The summed E-state index contributed by atoms with van der Waals surface area (Å²) in [6.07, 6.45) is 0. The molecular formula is C56H31N3. The Hall–Kier alpha value is -7.88. The van der Waals surface area contributed by atoms with Crippen LogP contribution >= 0.6 is 0 Å². The van der Waals surface area contributed by atoms with Crippen LogP contribution in [-0.4, -0.2) is 13.4 Å². The molecule has 5 aromatic heterocycles. The Morgan fingerprint density at radius 3 is 1.59 bits per heavy atom. The summed E-state index contributed by atoms with van der Waals surface area (Å²) in [5, 5.41) is 18.1. The standard InChI is InChI=1S/C56H31N3/c1-2-15-35(16-3-1)57-47-23-10-8-19-39(47)42-27-34(25-26-49(42)57)38-21-12-22-41-52-36-17-6-4-14-33(36)29-45-43-30-51-46(31-50(43)59(54(38)41)56(45)52)53-37-18-7-5-13-32(37)28-44-40-20-9-11-24-48(40)58(51)55(44)53/h1-31H. The molecule has 15 rings (SSSR count). The van der Waals surface area contributed by atoms with Gasteiger partial charge in [0.1, 0.15) is 0 Å². The number of fused-ring (bicyclic) bond motifs is 19. The number of aromatic nitrogens is 3. The second-order valence-corrected chi connectivity index (χ2v) is 16.4. The highest BCUT2D eigenvalue weighted by Crippen LogP contribution is 2.49. The minimum absolute atomic E-state index is 1.17. The molecule has 270 valence electrons. The Kier molecular flexibility index (Phi) is 5.41. The number of rotatable bonds is 2. The quantitative estimate of drug-likeness (QED) is 0.167. The van der Waals surface area contributed by atoms with Crippen LogP contribution in [0.15, 0.2) is 188 Å². The van der Waals surface area contributed by atoms with Crippen molar-refractivity contribution in [2.24, 2.45) is 0 Å². The molecule has 59 heavy (non-hydrogen) atoms. The van der Waals surface area contributed by atoms with Crippen LogP contribution in [0.2, 0.25) is 0 Å². The first kappa shape index (κ1) is 30.3. The highest BCUT2D eigenvalue weighted by atomic mass is 15.0. The number of hydrogen-bond donors (Lipinski definition) is 0. The van der Waals surface area contributed by atoms with Crippen LogP contribution in [0.5, 0.6) is 0 Å². The topological polar surface area (TPSA) is 13.8 Å². The third-order valence-corrected chi connectivity index (χ3v) is 13.6. The zero-order valence-corrected chi connectivity index (χ0v) is 31.7. The maximum atomic E-state index is 2.61. The first-order valence-corrected chi connectivity index (χ1v) is 20.5. The van der Waals surface area contributed by atoms with E-state index in [9.17, 15) is 0 Å². The Morgan fingerprint density at radius 1 is 0.271 bits per heavy atom. The molecule has 0 aliphatic heterocycles. The van der Waals surface area contributed by atoms with Crippen LogP contribution in [-0.2, 0) is 0 Å². The van der Waals surface area contributed by atoms with Gasteiger partial charge in [0, 0.05) is 65.1 Å². The molecule has 0 spiro atoms. The molecule has 0 fully saturated rings. The molecule has 0 aliphatic rings. The predicted molar refractivity (Wildman–Crippen MR) is 251 cm³/mol. The molecule has 0 unspecified atom stereocenters. The first-order valence-electron chi connectivity index (χ1n) is 20.5. The van der Waals surface area contributed by atoms with Gasteiger partial charge in [0.15, 0.2) is 0 Å². The fourth-order valence-electron chi connectivity index (χ4n) is 11.3. The van der Waals surface area contributed by atoms with Gasteiger partial charge in [-0.25, -0.2) is 0 Å². The first-order chi connectivity index (χ1) is 29.3. The molecule has 5 heterocycles. The van der Waals surface area contributed by atoms with Gasteiger partial charge in [-0.05, 0) is 87.8 Å². The highest BCUT2D eigenvalue weighted by molar-refractivity contribution is 6.36. The van der Waals surface area contributed by atoms with E-state index in [1.54, 1.807) is 0 Å². The highest BCUT2D eigenvalue weighted by Gasteiger charge is 2.26. The van der Waals surface area contributed by atoms with Gasteiger partial charge in [0.25, 0.3) is 0 Å². The lowest BCUT2D eigenvalue weighted by atomic mass is 9.96. The Balaban J connectivity index is 1.13. The van der Waals surface area contributed by atoms with Crippen LogP contribution in [0.4, 0.5) is 0 Å². The lowest BCUT2D eigenvalue weighted by molar-refractivity contribution is 1.18. The molecule has 3 nitrogen and oxygen atoms in total. The molecule has 15 aromatic rings. The van der Waals surface area contributed by atoms with Crippen molar-refractivity contribution in [3.63, 3.8) is 0 Å². The minimum Gasteiger partial charge on any atom is -0.309 e. The summed E-state index contributed by atoms with van der Waals surface area (Å²) in [4.78, 5) is 0. The van der Waals surface area contributed by atoms with E-state index in [-0.39, 0.29) is 0 Å². The molecule has 0 N–H and O–H groups in total. The fraction of sp³-hybridized carbons (Fsp3) is 0. The van der Waals surface area contributed by atoms with Gasteiger partial charge < -0.3 is 13.4 Å². The predicted octanol–water partition coefficient (Wildman–Crippen LogP) is 15.1. The minimum atomic E-state index is 1.17. The van der Waals surface area contributed by atoms with E-state index in [4.69, 9.17) is 0 Å². The van der Waals surface area contributed by atoms with Gasteiger partial charge in [0.2, 0.25) is 0 Å². The summed E-state index contributed by atoms with van der Waals surface area (Å²) in [5.41, 5.74) is 13.7. The van der Waals surface area contributed by atoms with Crippen LogP contribution in [0.25, 0.3) is 136 Å². The Labute approximate surface area is 336 Å². The molecule has 0 atom stereocenters. The van der Waals surface area contributed by atoms with Crippen LogP contribution < -0.4 is 0 Å². The number of benzene rings is 10. The Bertz CT molecular complexity index is 4290. The van der Waals surface area contributed by atoms with Crippen molar-refractivity contribution in [2.75, 3.05) is 0 Å². The van der Waals surface area contributed by atoms with Crippen molar-refractivity contribution >= 4 is 120 Å². The molecular weight excluding hydrogens is 715 g/mol. The third-order valence-electron chi connectivity index (χ3n) is 13.6. The Morgan fingerprint density at radius 2 is 0.814 bits per heavy atom. The van der Waals surface area contributed by atoms with Gasteiger partial charge in [-0.2, -0.15) is 0 Å². The summed E-state index contributed by atoms with van der Waals surface area (Å²) >= 11 is 0. The van der Waals surface area contributed by atoms with Crippen LogP contribution in [0.1, 0.15) is 0 Å². The normalized spacial score (nSPS) is 12.7. The van der Waals surface area contributed by atoms with E-state index < -0.39 is 0 Å².